The van der Waals surface area contributed by atoms with Gasteiger partial charge in [-0.1, -0.05) is 6.42 Å². The van der Waals surface area contributed by atoms with Crippen molar-refractivity contribution in [3.05, 3.63) is 0 Å². The van der Waals surface area contributed by atoms with Crippen molar-refractivity contribution in [1.82, 2.24) is 5.32 Å². The van der Waals surface area contributed by atoms with Gasteiger partial charge in [0.2, 0.25) is 5.91 Å². The molecule has 0 saturated heterocycles. The monoisotopic (exact) mass is 214 g/mol. The molecule has 0 aliphatic heterocycles. The molecule has 1 saturated carbocycles. The highest BCUT2D eigenvalue weighted by molar-refractivity contribution is 5.81. The summed E-state index contributed by atoms with van der Waals surface area (Å²) in [4.78, 5) is 22.0. The molecular formula is C10H18N2O3. The first-order chi connectivity index (χ1) is 7.02. The largest absolute Gasteiger partial charge is 0.481 e. The summed E-state index contributed by atoms with van der Waals surface area (Å²) in [6, 6.07) is -0.533. The van der Waals surface area contributed by atoms with E-state index >= 15 is 0 Å². The Morgan fingerprint density at radius 1 is 1.53 bits per heavy atom. The number of carboxylic acids is 1. The first-order valence-electron chi connectivity index (χ1n) is 5.28. The van der Waals surface area contributed by atoms with Gasteiger partial charge < -0.3 is 16.2 Å². The fourth-order valence-electron chi connectivity index (χ4n) is 2.00. The molecule has 1 rings (SSSR count). The van der Waals surface area contributed by atoms with Gasteiger partial charge in [-0.25, -0.2) is 0 Å². The molecule has 0 aromatic heterocycles. The van der Waals surface area contributed by atoms with Crippen LogP contribution in [0.25, 0.3) is 0 Å². The zero-order valence-corrected chi connectivity index (χ0v) is 8.90. The summed E-state index contributed by atoms with van der Waals surface area (Å²) in [5.74, 6) is -1.22. The summed E-state index contributed by atoms with van der Waals surface area (Å²) in [5.41, 5.74) is 5.39. The van der Waals surface area contributed by atoms with E-state index in [9.17, 15) is 9.59 Å². The van der Waals surface area contributed by atoms with Gasteiger partial charge in [0, 0.05) is 6.54 Å². The summed E-state index contributed by atoms with van der Waals surface area (Å²) < 4.78 is 0. The van der Waals surface area contributed by atoms with Gasteiger partial charge in [-0.3, -0.25) is 9.59 Å². The fraction of sp³-hybridized carbons (Fsp3) is 0.800. The van der Waals surface area contributed by atoms with E-state index in [0.717, 1.165) is 12.8 Å². The molecular weight excluding hydrogens is 196 g/mol. The lowest BCUT2D eigenvalue weighted by Gasteiger charge is -2.17. The van der Waals surface area contributed by atoms with E-state index < -0.39 is 12.0 Å². The van der Waals surface area contributed by atoms with E-state index in [2.05, 4.69) is 5.32 Å². The van der Waals surface area contributed by atoms with Crippen LogP contribution < -0.4 is 11.1 Å². The molecule has 15 heavy (non-hydrogen) atoms. The number of hydrogen-bond donors (Lipinski definition) is 3. The predicted octanol–water partition coefficient (Wildman–Crippen LogP) is -0.0493. The van der Waals surface area contributed by atoms with Crippen LogP contribution in [0.4, 0.5) is 0 Å². The fourth-order valence-corrected chi connectivity index (χ4v) is 2.00. The van der Waals surface area contributed by atoms with Crippen molar-refractivity contribution in [2.75, 3.05) is 6.54 Å². The van der Waals surface area contributed by atoms with E-state index in [1.165, 1.54) is 0 Å². The number of amides is 1. The first-order valence-corrected chi connectivity index (χ1v) is 5.28. The number of nitrogens with one attached hydrogen (secondary N) is 1. The van der Waals surface area contributed by atoms with Crippen molar-refractivity contribution in [2.24, 2.45) is 17.6 Å². The highest BCUT2D eigenvalue weighted by Crippen LogP contribution is 2.31. The Bertz CT molecular complexity index is 253. The summed E-state index contributed by atoms with van der Waals surface area (Å²) >= 11 is 0. The van der Waals surface area contributed by atoms with Gasteiger partial charge in [0.15, 0.2) is 0 Å². The number of rotatable bonds is 4. The Balaban J connectivity index is 2.38. The van der Waals surface area contributed by atoms with Gasteiger partial charge in [-0.05, 0) is 25.7 Å². The molecule has 0 radical (unpaired) electrons. The van der Waals surface area contributed by atoms with E-state index in [1.54, 1.807) is 6.92 Å². The highest BCUT2D eigenvalue weighted by Gasteiger charge is 2.32. The van der Waals surface area contributed by atoms with Crippen LogP contribution in [0, 0.1) is 11.8 Å². The van der Waals surface area contributed by atoms with Crippen molar-refractivity contribution < 1.29 is 14.7 Å². The Labute approximate surface area is 89.0 Å². The molecule has 0 heterocycles. The molecule has 86 valence electrons. The summed E-state index contributed by atoms with van der Waals surface area (Å²) in [5, 5.41) is 11.6. The molecule has 0 aromatic rings. The summed E-state index contributed by atoms with van der Waals surface area (Å²) in [6.07, 6.45) is 2.51. The van der Waals surface area contributed by atoms with Crippen molar-refractivity contribution >= 4 is 11.9 Å². The summed E-state index contributed by atoms with van der Waals surface area (Å²) in [6.45, 7) is 2.04. The van der Waals surface area contributed by atoms with Gasteiger partial charge >= 0.3 is 5.97 Å². The molecule has 0 spiro atoms. The number of hydrogen-bond acceptors (Lipinski definition) is 3. The van der Waals surface area contributed by atoms with E-state index in [4.69, 9.17) is 10.8 Å². The Kier molecular flexibility index (Phi) is 4.08. The molecule has 1 fully saturated rings. The van der Waals surface area contributed by atoms with Crippen LogP contribution in [0.1, 0.15) is 26.2 Å². The van der Waals surface area contributed by atoms with Gasteiger partial charge in [-0.2, -0.15) is 0 Å². The van der Waals surface area contributed by atoms with E-state index in [1.807, 2.05) is 0 Å². The molecule has 0 aromatic carbocycles. The van der Waals surface area contributed by atoms with Crippen molar-refractivity contribution in [3.8, 4) is 0 Å². The van der Waals surface area contributed by atoms with E-state index in [-0.39, 0.29) is 17.7 Å². The third-order valence-electron chi connectivity index (χ3n) is 2.93. The van der Waals surface area contributed by atoms with E-state index in [0.29, 0.717) is 13.0 Å². The van der Waals surface area contributed by atoms with Crippen molar-refractivity contribution in [2.45, 2.75) is 32.2 Å². The van der Waals surface area contributed by atoms with Crippen LogP contribution >= 0.6 is 0 Å². The van der Waals surface area contributed by atoms with Crippen LogP contribution in [0.15, 0.2) is 0 Å². The van der Waals surface area contributed by atoms with Crippen LogP contribution in [-0.2, 0) is 9.59 Å². The zero-order valence-electron chi connectivity index (χ0n) is 8.90. The highest BCUT2D eigenvalue weighted by atomic mass is 16.4. The smallest absolute Gasteiger partial charge is 0.306 e. The molecule has 3 atom stereocenters. The van der Waals surface area contributed by atoms with Crippen LogP contribution in [0.3, 0.4) is 0 Å². The normalized spacial score (nSPS) is 27.3. The number of aliphatic carboxylic acids is 1. The SMILES string of the molecule is CC(N)C(=O)NCC1CCCC1C(=O)O. The van der Waals surface area contributed by atoms with Crippen LogP contribution in [0.2, 0.25) is 0 Å². The van der Waals surface area contributed by atoms with Crippen LogP contribution in [-0.4, -0.2) is 29.6 Å². The predicted molar refractivity (Wildman–Crippen MR) is 55.1 cm³/mol. The van der Waals surface area contributed by atoms with Crippen molar-refractivity contribution in [3.63, 3.8) is 0 Å². The average Bonchev–Trinajstić information content (AvgIpc) is 2.61. The van der Waals surface area contributed by atoms with Gasteiger partial charge in [-0.15, -0.1) is 0 Å². The molecule has 5 heteroatoms. The maximum atomic E-state index is 11.2. The zero-order chi connectivity index (χ0) is 11.4. The quantitative estimate of drug-likeness (QED) is 0.611. The molecule has 0 bridgehead atoms. The molecule has 5 nitrogen and oxygen atoms in total. The molecule has 1 amide bonds. The minimum Gasteiger partial charge on any atom is -0.481 e. The second-order valence-electron chi connectivity index (χ2n) is 4.17. The summed E-state index contributed by atoms with van der Waals surface area (Å²) in [7, 11) is 0. The topological polar surface area (TPSA) is 92.4 Å². The molecule has 1 aliphatic carbocycles. The number of carboxylic acid groups (broad SMARTS) is 1. The van der Waals surface area contributed by atoms with Crippen molar-refractivity contribution in [1.29, 1.82) is 0 Å². The number of nitrogens with two attached hydrogens (primary N) is 1. The third kappa shape index (κ3) is 3.20. The van der Waals surface area contributed by atoms with Gasteiger partial charge in [0.25, 0.3) is 0 Å². The molecule has 3 unspecified atom stereocenters. The van der Waals surface area contributed by atoms with Crippen LogP contribution in [0.5, 0.6) is 0 Å². The maximum absolute atomic E-state index is 11.2. The number of carbonyl (C=O) groups is 2. The average molecular weight is 214 g/mol. The maximum Gasteiger partial charge on any atom is 0.306 e. The molecule has 4 N–H and O–H groups in total. The Hall–Kier alpha value is -1.10. The minimum atomic E-state index is -0.757. The Morgan fingerprint density at radius 2 is 2.20 bits per heavy atom. The van der Waals surface area contributed by atoms with Gasteiger partial charge in [0.1, 0.15) is 0 Å². The standard InChI is InChI=1S/C10H18N2O3/c1-6(11)9(13)12-5-7-3-2-4-8(7)10(14)15/h6-8H,2-5,11H2,1H3,(H,12,13)(H,14,15). The lowest BCUT2D eigenvalue weighted by molar-refractivity contribution is -0.143. The third-order valence-corrected chi connectivity index (χ3v) is 2.93. The minimum absolute atomic E-state index is 0.0604. The lowest BCUT2D eigenvalue weighted by Crippen LogP contribution is -2.41. The number of carbonyl (C=O) groups excluding carboxylic acids is 1. The molecule has 1 aliphatic rings. The lowest BCUT2D eigenvalue weighted by atomic mass is 9.96. The second-order valence-corrected chi connectivity index (χ2v) is 4.17. The first kappa shape index (κ1) is 12.0. The second kappa shape index (κ2) is 5.11. The van der Waals surface area contributed by atoms with Gasteiger partial charge in [0.05, 0.1) is 12.0 Å². The Morgan fingerprint density at radius 3 is 2.73 bits per heavy atom.